The molecule has 0 saturated carbocycles. The summed E-state index contributed by atoms with van der Waals surface area (Å²) in [5.41, 5.74) is 0.967. The molecular weight excluding hydrogens is 152 g/mol. The van der Waals surface area contributed by atoms with Crippen molar-refractivity contribution in [1.82, 2.24) is 0 Å². The quantitative estimate of drug-likeness (QED) is 0.672. The molecule has 0 saturated heterocycles. The highest BCUT2D eigenvalue weighted by Gasteiger charge is 2.08. The Kier molecular flexibility index (Phi) is 3.77. The molecule has 1 aromatic rings. The zero-order valence-corrected chi connectivity index (χ0v) is 7.19. The topological polar surface area (TPSA) is 29.1 Å². The van der Waals surface area contributed by atoms with E-state index < -0.39 is 0 Å². The Hall–Kier alpha value is -0.860. The SMILES string of the molecule is CCOC(C[O])c1ccccc1. The van der Waals surface area contributed by atoms with E-state index in [-0.39, 0.29) is 12.7 Å². The van der Waals surface area contributed by atoms with Gasteiger partial charge in [-0.05, 0) is 12.5 Å². The molecule has 0 fully saturated rings. The molecule has 0 aliphatic heterocycles. The number of hydrogen-bond donors (Lipinski definition) is 0. The highest BCUT2D eigenvalue weighted by Crippen LogP contribution is 2.15. The Balaban J connectivity index is 2.66. The van der Waals surface area contributed by atoms with Gasteiger partial charge in [-0.3, -0.25) is 0 Å². The van der Waals surface area contributed by atoms with Crippen molar-refractivity contribution in [3.05, 3.63) is 35.9 Å². The van der Waals surface area contributed by atoms with Gasteiger partial charge in [0.2, 0.25) is 0 Å². The fourth-order valence-electron chi connectivity index (χ4n) is 1.11. The molecule has 1 radical (unpaired) electrons. The van der Waals surface area contributed by atoms with E-state index in [9.17, 15) is 5.11 Å². The molecule has 1 aromatic carbocycles. The van der Waals surface area contributed by atoms with Crippen LogP contribution in [-0.4, -0.2) is 13.2 Å². The Morgan fingerprint density at radius 3 is 2.50 bits per heavy atom. The largest absolute Gasteiger partial charge is 0.371 e. The Labute approximate surface area is 72.8 Å². The minimum Gasteiger partial charge on any atom is -0.371 e. The fourth-order valence-corrected chi connectivity index (χ4v) is 1.11. The summed E-state index contributed by atoms with van der Waals surface area (Å²) in [6.07, 6.45) is -0.281. The van der Waals surface area contributed by atoms with Crippen molar-refractivity contribution in [2.24, 2.45) is 0 Å². The van der Waals surface area contributed by atoms with E-state index >= 15 is 0 Å². The molecule has 0 heterocycles. The van der Waals surface area contributed by atoms with Gasteiger partial charge >= 0.3 is 0 Å². The van der Waals surface area contributed by atoms with Gasteiger partial charge in [0.25, 0.3) is 0 Å². The maximum Gasteiger partial charge on any atom is 0.113 e. The summed E-state index contributed by atoms with van der Waals surface area (Å²) in [5.74, 6) is 0. The van der Waals surface area contributed by atoms with Crippen LogP contribution in [-0.2, 0) is 9.84 Å². The summed E-state index contributed by atoms with van der Waals surface area (Å²) < 4.78 is 5.26. The van der Waals surface area contributed by atoms with Gasteiger partial charge in [0.15, 0.2) is 0 Å². The zero-order chi connectivity index (χ0) is 8.81. The van der Waals surface area contributed by atoms with Crippen molar-refractivity contribution in [2.45, 2.75) is 13.0 Å². The summed E-state index contributed by atoms with van der Waals surface area (Å²) in [5, 5.41) is 10.7. The van der Waals surface area contributed by atoms with Crippen molar-refractivity contribution in [2.75, 3.05) is 13.2 Å². The van der Waals surface area contributed by atoms with Gasteiger partial charge in [-0.15, -0.1) is 0 Å². The molecule has 0 bridgehead atoms. The van der Waals surface area contributed by atoms with Gasteiger partial charge < -0.3 is 4.74 Å². The summed E-state index contributed by atoms with van der Waals surface area (Å²) in [7, 11) is 0. The van der Waals surface area contributed by atoms with Gasteiger partial charge in [-0.1, -0.05) is 30.3 Å². The van der Waals surface area contributed by atoms with Crippen LogP contribution in [0.25, 0.3) is 0 Å². The minimum atomic E-state index is -0.281. The first-order valence-corrected chi connectivity index (χ1v) is 4.13. The van der Waals surface area contributed by atoms with Crippen molar-refractivity contribution in [3.63, 3.8) is 0 Å². The Morgan fingerprint density at radius 1 is 1.33 bits per heavy atom. The first-order chi connectivity index (χ1) is 5.88. The lowest BCUT2D eigenvalue weighted by Crippen LogP contribution is -2.07. The maximum atomic E-state index is 10.7. The molecule has 0 N–H and O–H groups in total. The molecule has 1 rings (SSSR count). The van der Waals surface area contributed by atoms with Crippen molar-refractivity contribution >= 4 is 0 Å². The van der Waals surface area contributed by atoms with Crippen LogP contribution in [0, 0.1) is 0 Å². The van der Waals surface area contributed by atoms with Crippen LogP contribution >= 0.6 is 0 Å². The predicted molar refractivity (Wildman–Crippen MR) is 46.4 cm³/mol. The molecule has 0 spiro atoms. The fraction of sp³-hybridized carbons (Fsp3) is 0.400. The summed E-state index contributed by atoms with van der Waals surface area (Å²) >= 11 is 0. The second-order valence-corrected chi connectivity index (χ2v) is 2.52. The number of benzene rings is 1. The summed E-state index contributed by atoms with van der Waals surface area (Å²) in [6, 6.07) is 9.59. The number of hydrogen-bond acceptors (Lipinski definition) is 1. The summed E-state index contributed by atoms with van der Waals surface area (Å²) in [4.78, 5) is 0. The van der Waals surface area contributed by atoms with Crippen molar-refractivity contribution in [1.29, 1.82) is 0 Å². The third-order valence-electron chi connectivity index (χ3n) is 1.69. The van der Waals surface area contributed by atoms with E-state index in [0.717, 1.165) is 5.56 Å². The second-order valence-electron chi connectivity index (χ2n) is 2.52. The van der Waals surface area contributed by atoms with Crippen molar-refractivity contribution < 1.29 is 9.84 Å². The third-order valence-corrected chi connectivity index (χ3v) is 1.69. The highest BCUT2D eigenvalue weighted by molar-refractivity contribution is 5.17. The minimum absolute atomic E-state index is 0.210. The van der Waals surface area contributed by atoms with Gasteiger partial charge in [0.1, 0.15) is 12.7 Å². The second kappa shape index (κ2) is 4.91. The predicted octanol–water partition coefficient (Wildman–Crippen LogP) is 2.19. The molecule has 0 aliphatic carbocycles. The molecule has 1 atom stereocenters. The van der Waals surface area contributed by atoms with Crippen LogP contribution in [0.1, 0.15) is 18.6 Å². The lowest BCUT2D eigenvalue weighted by molar-refractivity contribution is -0.00442. The van der Waals surface area contributed by atoms with Gasteiger partial charge in [0, 0.05) is 6.61 Å². The molecule has 12 heavy (non-hydrogen) atoms. The highest BCUT2D eigenvalue weighted by atomic mass is 16.5. The van der Waals surface area contributed by atoms with E-state index in [1.54, 1.807) is 0 Å². The smallest absolute Gasteiger partial charge is 0.113 e. The van der Waals surface area contributed by atoms with Gasteiger partial charge in [-0.25, -0.2) is 5.11 Å². The molecule has 65 valence electrons. The van der Waals surface area contributed by atoms with Crippen molar-refractivity contribution in [3.8, 4) is 0 Å². The van der Waals surface area contributed by atoms with Gasteiger partial charge in [0.05, 0.1) is 0 Å². The van der Waals surface area contributed by atoms with E-state index in [1.165, 1.54) is 0 Å². The first kappa shape index (κ1) is 9.23. The van der Waals surface area contributed by atoms with Crippen LogP contribution in [0.2, 0.25) is 0 Å². The van der Waals surface area contributed by atoms with Crippen LogP contribution < -0.4 is 0 Å². The normalized spacial score (nSPS) is 12.8. The van der Waals surface area contributed by atoms with E-state index in [2.05, 4.69) is 0 Å². The van der Waals surface area contributed by atoms with Crippen LogP contribution in [0.3, 0.4) is 0 Å². The van der Waals surface area contributed by atoms with E-state index in [1.807, 2.05) is 37.3 Å². The average Bonchev–Trinajstić information content (AvgIpc) is 2.15. The first-order valence-electron chi connectivity index (χ1n) is 4.13. The molecule has 0 aliphatic rings. The Bertz CT molecular complexity index is 208. The third kappa shape index (κ3) is 2.32. The lowest BCUT2D eigenvalue weighted by Gasteiger charge is -2.12. The van der Waals surface area contributed by atoms with Gasteiger partial charge in [-0.2, -0.15) is 0 Å². The molecule has 0 amide bonds. The molecule has 2 nitrogen and oxygen atoms in total. The maximum absolute atomic E-state index is 10.7. The molecule has 1 unspecified atom stereocenters. The molecule has 2 heteroatoms. The number of rotatable bonds is 4. The monoisotopic (exact) mass is 165 g/mol. The molecule has 0 aromatic heterocycles. The van der Waals surface area contributed by atoms with E-state index in [0.29, 0.717) is 6.61 Å². The number of ether oxygens (including phenoxy) is 1. The van der Waals surface area contributed by atoms with Crippen LogP contribution in [0.4, 0.5) is 0 Å². The average molecular weight is 165 g/mol. The Morgan fingerprint density at radius 2 is 2.00 bits per heavy atom. The van der Waals surface area contributed by atoms with Crippen LogP contribution in [0.5, 0.6) is 0 Å². The van der Waals surface area contributed by atoms with Crippen LogP contribution in [0.15, 0.2) is 30.3 Å². The zero-order valence-electron chi connectivity index (χ0n) is 7.19. The molecular formula is C10H13O2. The standard InChI is InChI=1S/C10H13O2/c1-2-12-10(8-11)9-6-4-3-5-7-9/h3-7,10H,2,8H2,1H3. The van der Waals surface area contributed by atoms with E-state index in [4.69, 9.17) is 4.74 Å². The lowest BCUT2D eigenvalue weighted by atomic mass is 10.1. The summed E-state index contributed by atoms with van der Waals surface area (Å²) in [6.45, 7) is 2.27.